The Labute approximate surface area is 277 Å². The molecule has 1 aromatic carbocycles. The van der Waals surface area contributed by atoms with E-state index < -0.39 is 73.7 Å². The van der Waals surface area contributed by atoms with Crippen molar-refractivity contribution in [3.8, 4) is 0 Å². The Hall–Kier alpha value is -3.34. The number of fused-ring (bicyclic) bond motifs is 7. The topological polar surface area (TPSA) is 135 Å². The van der Waals surface area contributed by atoms with Gasteiger partial charge in [-0.25, -0.2) is 9.59 Å². The van der Waals surface area contributed by atoms with Crippen molar-refractivity contribution >= 4 is 46.6 Å². The molecule has 7 rings (SSSR count). The summed E-state index contributed by atoms with van der Waals surface area (Å²) in [4.78, 5) is 69.1. The van der Waals surface area contributed by atoms with Gasteiger partial charge in [0, 0.05) is 28.2 Å². The molecular weight excluding hydrogens is 624 g/mol. The van der Waals surface area contributed by atoms with Crippen molar-refractivity contribution in [1.82, 2.24) is 0 Å². The van der Waals surface area contributed by atoms with Gasteiger partial charge >= 0.3 is 23.9 Å². The lowest BCUT2D eigenvalue weighted by molar-refractivity contribution is -0.204. The van der Waals surface area contributed by atoms with E-state index in [-0.39, 0.29) is 17.4 Å². The van der Waals surface area contributed by atoms with Crippen LogP contribution in [0, 0.1) is 21.7 Å². The monoisotopic (exact) mass is 666 g/mol. The maximum Gasteiger partial charge on any atom is 0.351 e. The number of benzene rings is 1. The van der Waals surface area contributed by atoms with Crippen molar-refractivity contribution < 1.29 is 42.5 Å². The van der Waals surface area contributed by atoms with Crippen molar-refractivity contribution in [1.29, 1.82) is 0 Å². The fourth-order valence-electron chi connectivity index (χ4n) is 8.81. The zero-order valence-corrected chi connectivity index (χ0v) is 29.2. The molecule has 10 nitrogen and oxygen atoms in total. The van der Waals surface area contributed by atoms with Gasteiger partial charge in [-0.2, -0.15) is 0 Å². The zero-order chi connectivity index (χ0) is 34.3. The Bertz CT molecular complexity index is 1860. The Morgan fingerprint density at radius 1 is 0.809 bits per heavy atom. The van der Waals surface area contributed by atoms with E-state index in [2.05, 4.69) is 0 Å². The van der Waals surface area contributed by atoms with E-state index in [0.717, 1.165) is 0 Å². The highest BCUT2D eigenvalue weighted by molar-refractivity contribution is 8.00. The van der Waals surface area contributed by atoms with Crippen molar-refractivity contribution in [2.45, 2.75) is 127 Å². The lowest BCUT2D eigenvalue weighted by Crippen LogP contribution is -2.55. The smallest absolute Gasteiger partial charge is 0.351 e. The molecule has 47 heavy (non-hydrogen) atoms. The fourth-order valence-corrected chi connectivity index (χ4v) is 10.1. The second kappa shape index (κ2) is 9.42. The summed E-state index contributed by atoms with van der Waals surface area (Å²) in [6.45, 7) is 16.6. The van der Waals surface area contributed by atoms with Crippen molar-refractivity contribution in [2.24, 2.45) is 21.7 Å². The average molecular weight is 667 g/mol. The quantitative estimate of drug-likeness (QED) is 0.275. The van der Waals surface area contributed by atoms with E-state index in [0.29, 0.717) is 47.3 Å². The van der Waals surface area contributed by atoms with Gasteiger partial charge in [0.2, 0.25) is 11.2 Å². The normalized spacial score (nSPS) is 37.0. The third-order valence-corrected chi connectivity index (χ3v) is 14.5. The van der Waals surface area contributed by atoms with Crippen LogP contribution in [0.4, 0.5) is 0 Å². The summed E-state index contributed by atoms with van der Waals surface area (Å²) in [6, 6.07) is 4.92. The van der Waals surface area contributed by atoms with Gasteiger partial charge < -0.3 is 23.4 Å². The number of thioether (sulfide) groups is 1. The molecule has 11 heteroatoms. The second-order valence-electron chi connectivity index (χ2n) is 16.0. The van der Waals surface area contributed by atoms with Crippen molar-refractivity contribution in [2.75, 3.05) is 0 Å². The molecule has 2 saturated carbocycles. The van der Waals surface area contributed by atoms with Gasteiger partial charge in [0.05, 0.1) is 26.5 Å². The van der Waals surface area contributed by atoms with Crippen LogP contribution in [0.5, 0.6) is 0 Å². The predicted molar refractivity (Wildman–Crippen MR) is 170 cm³/mol. The second-order valence-corrected chi connectivity index (χ2v) is 17.7. The molecule has 4 heterocycles. The Morgan fingerprint density at radius 2 is 1.34 bits per heavy atom. The van der Waals surface area contributed by atoms with Crippen LogP contribution in [0.1, 0.15) is 105 Å². The molecule has 4 fully saturated rings. The number of hydrogen-bond acceptors (Lipinski definition) is 11. The molecule has 3 aliphatic heterocycles. The molecule has 2 saturated heterocycles. The largest absolute Gasteiger partial charge is 0.460 e. The maximum atomic E-state index is 14.5. The molecule has 6 atom stereocenters. The van der Waals surface area contributed by atoms with Crippen LogP contribution in [0.15, 0.2) is 32.3 Å². The first-order chi connectivity index (χ1) is 21.7. The summed E-state index contributed by atoms with van der Waals surface area (Å²) in [7, 11) is 0. The minimum absolute atomic E-state index is 0.240. The number of hydrogen-bond donors (Lipinski definition) is 0. The summed E-state index contributed by atoms with van der Waals surface area (Å²) in [6.07, 6.45) is -0.421. The van der Waals surface area contributed by atoms with Crippen LogP contribution in [0.25, 0.3) is 11.0 Å². The van der Waals surface area contributed by atoms with E-state index in [1.54, 1.807) is 12.1 Å². The lowest BCUT2D eigenvalue weighted by atomic mass is 9.66. The van der Waals surface area contributed by atoms with E-state index >= 15 is 0 Å². The molecule has 2 aromatic rings. The van der Waals surface area contributed by atoms with Crippen LogP contribution in [0.3, 0.4) is 0 Å². The fraction of sp³-hybridized carbons (Fsp3) is 0.639. The number of carbonyl (C=O) groups is 4. The Kier molecular flexibility index (Phi) is 6.46. The van der Waals surface area contributed by atoms with E-state index in [4.69, 9.17) is 23.4 Å². The van der Waals surface area contributed by atoms with Crippen LogP contribution >= 0.6 is 11.8 Å². The summed E-state index contributed by atoms with van der Waals surface area (Å²) >= 11 is 1.41. The number of ether oxygens (including phenoxy) is 4. The summed E-state index contributed by atoms with van der Waals surface area (Å²) in [5.74, 6) is -1.90. The molecule has 0 N–H and O–H groups in total. The molecule has 0 amide bonds. The third-order valence-electron chi connectivity index (χ3n) is 13.2. The molecule has 1 aromatic heterocycles. The third kappa shape index (κ3) is 3.67. The summed E-state index contributed by atoms with van der Waals surface area (Å²) in [5, 5.41) is 0.294. The van der Waals surface area contributed by atoms with Gasteiger partial charge in [0.15, 0.2) is 17.6 Å². The van der Waals surface area contributed by atoms with Crippen LogP contribution in [-0.4, -0.2) is 45.9 Å². The average Bonchev–Trinajstić information content (AvgIpc) is 3.46. The van der Waals surface area contributed by atoms with Gasteiger partial charge in [-0.3, -0.25) is 14.4 Å². The molecule has 5 aliphatic rings. The molecule has 0 radical (unpaired) electrons. The number of aryl methyl sites for hydroxylation is 1. The van der Waals surface area contributed by atoms with Crippen molar-refractivity contribution in [3.05, 3.63) is 39.7 Å². The van der Waals surface area contributed by atoms with Gasteiger partial charge in [-0.15, -0.1) is 11.8 Å². The predicted octanol–water partition coefficient (Wildman–Crippen LogP) is 5.98. The highest BCUT2D eigenvalue weighted by atomic mass is 32.2. The number of carbonyl (C=O) groups excluding carboxylic acids is 4. The van der Waals surface area contributed by atoms with E-state index in [9.17, 15) is 24.0 Å². The first-order valence-electron chi connectivity index (χ1n) is 16.4. The summed E-state index contributed by atoms with van der Waals surface area (Å²) < 4.78 is 30.1. The SMILES string of the molecule is CCc1cc(=O)c2ccc3c(c2o1)[C@@H](OC(=O)[C@]12CC[C@](C)(C(=O)O1)C2(C)C)[C@@H](OC(=O)[C@]12CC[C@](C)(C(=O)O1)C2(C)C)C(C)(C)S3. The van der Waals surface area contributed by atoms with E-state index in [1.165, 1.54) is 17.8 Å². The standard InChI is InChI=1S/C36H42O10S/c1-10-18-17-20(37)19-11-12-21-22(23(19)42-18)24(43-28(40)35-15-13-33(8,26(38)45-35)31(35,4)5)25(30(2,3)47-21)44-29(41)36-16-14-34(9,27(39)46-36)32(36,6)7/h11-12,17,24-25H,10,13-16H2,1-9H3/t24-,25-,33-,34-,35+,36+/m1/s1. The van der Waals surface area contributed by atoms with Crippen LogP contribution < -0.4 is 5.43 Å². The molecule has 2 aliphatic carbocycles. The van der Waals surface area contributed by atoms with Crippen LogP contribution in [0.2, 0.25) is 0 Å². The lowest BCUT2D eigenvalue weighted by Gasteiger charge is -2.45. The van der Waals surface area contributed by atoms with Crippen molar-refractivity contribution in [3.63, 3.8) is 0 Å². The van der Waals surface area contributed by atoms with E-state index in [1.807, 2.05) is 62.3 Å². The highest BCUT2D eigenvalue weighted by Gasteiger charge is 2.78. The molecule has 0 spiro atoms. The van der Waals surface area contributed by atoms with Crippen LogP contribution in [-0.2, 0) is 44.5 Å². The van der Waals surface area contributed by atoms with Gasteiger partial charge in [-0.1, -0.05) is 34.6 Å². The number of esters is 4. The summed E-state index contributed by atoms with van der Waals surface area (Å²) in [5.41, 5.74) is -6.18. The van der Waals surface area contributed by atoms with Gasteiger partial charge in [-0.05, 0) is 65.5 Å². The number of rotatable bonds is 5. The maximum absolute atomic E-state index is 14.5. The molecule has 4 bridgehead atoms. The minimum atomic E-state index is -1.56. The Morgan fingerprint density at radius 3 is 1.81 bits per heavy atom. The zero-order valence-electron chi connectivity index (χ0n) is 28.4. The first-order valence-corrected chi connectivity index (χ1v) is 17.2. The molecule has 252 valence electrons. The van der Waals surface area contributed by atoms with Gasteiger partial charge in [0.25, 0.3) is 0 Å². The Balaban J connectivity index is 1.38. The molecule has 0 unspecified atom stereocenters. The molecular formula is C36H42O10S. The first kappa shape index (κ1) is 32.2. The minimum Gasteiger partial charge on any atom is -0.460 e. The van der Waals surface area contributed by atoms with Gasteiger partial charge in [0.1, 0.15) is 11.3 Å². The highest BCUT2D eigenvalue weighted by Crippen LogP contribution is 2.68.